The summed E-state index contributed by atoms with van der Waals surface area (Å²) in [6.07, 6.45) is 0. The van der Waals surface area contributed by atoms with Crippen molar-refractivity contribution in [3.05, 3.63) is 67.6 Å². The predicted molar refractivity (Wildman–Crippen MR) is 93.3 cm³/mol. The van der Waals surface area contributed by atoms with Gasteiger partial charge in [0.25, 0.3) is 0 Å². The van der Waals surface area contributed by atoms with Gasteiger partial charge in [0.2, 0.25) is 0 Å². The highest BCUT2D eigenvalue weighted by Crippen LogP contribution is 2.28. The largest absolute Gasteiger partial charge is 0.304 e. The van der Waals surface area contributed by atoms with Crippen molar-refractivity contribution in [2.75, 3.05) is 0 Å². The number of rotatable bonds is 4. The summed E-state index contributed by atoms with van der Waals surface area (Å²) in [5.41, 5.74) is 2.37. The zero-order valence-corrected chi connectivity index (χ0v) is 15.3. The van der Waals surface area contributed by atoms with Crippen molar-refractivity contribution < 1.29 is 0 Å². The quantitative estimate of drug-likeness (QED) is 0.618. The fraction of sp³-hybridized carbons (Fsp3) is 0.250. The molecular formula is C16H16Br2ClN. The van der Waals surface area contributed by atoms with Crippen LogP contribution in [-0.2, 0) is 0 Å². The van der Waals surface area contributed by atoms with Gasteiger partial charge < -0.3 is 5.32 Å². The number of nitrogens with one attached hydrogen (secondary N) is 1. The van der Waals surface area contributed by atoms with Gasteiger partial charge >= 0.3 is 0 Å². The number of halogens is 3. The van der Waals surface area contributed by atoms with Gasteiger partial charge in [-0.15, -0.1) is 0 Å². The smallest absolute Gasteiger partial charge is 0.0464 e. The third kappa shape index (κ3) is 4.08. The zero-order chi connectivity index (χ0) is 14.7. The van der Waals surface area contributed by atoms with Crippen LogP contribution in [0.2, 0.25) is 5.02 Å². The van der Waals surface area contributed by atoms with Crippen LogP contribution in [0.4, 0.5) is 0 Å². The Balaban J connectivity index is 2.10. The molecule has 4 heteroatoms. The monoisotopic (exact) mass is 415 g/mol. The maximum Gasteiger partial charge on any atom is 0.0464 e. The summed E-state index contributed by atoms with van der Waals surface area (Å²) in [5.74, 6) is 0. The Morgan fingerprint density at radius 1 is 0.900 bits per heavy atom. The standard InChI is InChI=1S/C16H16Br2ClN/c1-10(12-3-5-13(17)6-4-12)20-11(2)15-8-7-14(18)9-16(15)19/h3-11,20H,1-2H3. The molecule has 0 saturated carbocycles. The second-order valence-corrected chi connectivity index (χ2v) is 7.07. The first-order valence-electron chi connectivity index (χ1n) is 6.44. The van der Waals surface area contributed by atoms with Crippen LogP contribution in [0.1, 0.15) is 37.1 Å². The van der Waals surface area contributed by atoms with Crippen molar-refractivity contribution in [1.82, 2.24) is 5.32 Å². The van der Waals surface area contributed by atoms with Gasteiger partial charge in [0.1, 0.15) is 0 Å². The Hall–Kier alpha value is -0.350. The summed E-state index contributed by atoms with van der Waals surface area (Å²) >= 11 is 13.2. The van der Waals surface area contributed by atoms with Crippen molar-refractivity contribution in [1.29, 1.82) is 0 Å². The number of hydrogen-bond donors (Lipinski definition) is 1. The Kier molecular flexibility index (Phi) is 5.67. The van der Waals surface area contributed by atoms with Crippen LogP contribution in [-0.4, -0.2) is 0 Å². The molecule has 2 atom stereocenters. The molecule has 0 radical (unpaired) electrons. The van der Waals surface area contributed by atoms with Crippen molar-refractivity contribution in [3.63, 3.8) is 0 Å². The van der Waals surface area contributed by atoms with E-state index >= 15 is 0 Å². The summed E-state index contributed by atoms with van der Waals surface area (Å²) in [6.45, 7) is 4.29. The van der Waals surface area contributed by atoms with Crippen molar-refractivity contribution >= 4 is 43.5 Å². The number of benzene rings is 2. The molecule has 2 rings (SSSR count). The normalized spacial score (nSPS) is 14.1. The molecule has 0 spiro atoms. The van der Waals surface area contributed by atoms with E-state index in [4.69, 9.17) is 11.6 Å². The first-order chi connectivity index (χ1) is 9.47. The Morgan fingerprint density at radius 2 is 1.50 bits per heavy atom. The van der Waals surface area contributed by atoms with Crippen LogP contribution in [0.15, 0.2) is 51.4 Å². The van der Waals surface area contributed by atoms with Gasteiger partial charge in [-0.05, 0) is 49.2 Å². The van der Waals surface area contributed by atoms with E-state index in [0.717, 1.165) is 19.5 Å². The van der Waals surface area contributed by atoms with Gasteiger partial charge in [0.05, 0.1) is 0 Å². The van der Waals surface area contributed by atoms with Crippen LogP contribution in [0, 0.1) is 0 Å². The average Bonchev–Trinajstić information content (AvgIpc) is 2.39. The molecule has 0 aliphatic rings. The van der Waals surface area contributed by atoms with E-state index in [1.165, 1.54) is 5.56 Å². The fourth-order valence-corrected chi connectivity index (χ4v) is 3.27. The molecule has 0 aliphatic carbocycles. The SMILES string of the molecule is CC(NC(C)c1ccc(Br)cc1Cl)c1ccc(Br)cc1. The Bertz CT molecular complexity index is 584. The maximum atomic E-state index is 6.30. The van der Waals surface area contributed by atoms with E-state index in [2.05, 4.69) is 81.4 Å². The predicted octanol–water partition coefficient (Wildman–Crippen LogP) is 6.28. The molecule has 0 fully saturated rings. The first kappa shape index (κ1) is 16.0. The maximum absolute atomic E-state index is 6.30. The van der Waals surface area contributed by atoms with E-state index in [0.29, 0.717) is 0 Å². The van der Waals surface area contributed by atoms with Crippen molar-refractivity contribution in [2.24, 2.45) is 0 Å². The number of hydrogen-bond acceptors (Lipinski definition) is 1. The molecule has 2 unspecified atom stereocenters. The highest BCUT2D eigenvalue weighted by atomic mass is 79.9. The molecule has 2 aromatic rings. The van der Waals surface area contributed by atoms with Crippen LogP contribution in [0.5, 0.6) is 0 Å². The molecule has 0 saturated heterocycles. The average molecular weight is 418 g/mol. The topological polar surface area (TPSA) is 12.0 Å². The van der Waals surface area contributed by atoms with Crippen LogP contribution < -0.4 is 5.32 Å². The lowest BCUT2D eigenvalue weighted by molar-refractivity contribution is 0.495. The fourth-order valence-electron chi connectivity index (χ4n) is 2.17. The second kappa shape index (κ2) is 7.08. The molecule has 2 aromatic carbocycles. The Morgan fingerprint density at radius 3 is 2.10 bits per heavy atom. The summed E-state index contributed by atoms with van der Waals surface area (Å²) in [6, 6.07) is 14.8. The Labute approximate surface area is 142 Å². The van der Waals surface area contributed by atoms with Crippen LogP contribution in [0.3, 0.4) is 0 Å². The van der Waals surface area contributed by atoms with Gasteiger partial charge in [-0.3, -0.25) is 0 Å². The molecule has 1 nitrogen and oxygen atoms in total. The zero-order valence-electron chi connectivity index (χ0n) is 11.3. The third-order valence-electron chi connectivity index (χ3n) is 3.30. The first-order valence-corrected chi connectivity index (χ1v) is 8.40. The van der Waals surface area contributed by atoms with Gasteiger partial charge in [0, 0.05) is 26.1 Å². The third-order valence-corrected chi connectivity index (χ3v) is 4.65. The minimum absolute atomic E-state index is 0.189. The molecule has 20 heavy (non-hydrogen) atoms. The molecule has 0 heterocycles. The molecule has 1 N–H and O–H groups in total. The lowest BCUT2D eigenvalue weighted by Gasteiger charge is -2.22. The minimum atomic E-state index is 0.189. The van der Waals surface area contributed by atoms with Crippen LogP contribution >= 0.6 is 43.5 Å². The van der Waals surface area contributed by atoms with E-state index < -0.39 is 0 Å². The molecule has 0 aliphatic heterocycles. The highest BCUT2D eigenvalue weighted by Gasteiger charge is 2.13. The lowest BCUT2D eigenvalue weighted by Crippen LogP contribution is -2.22. The van der Waals surface area contributed by atoms with Crippen molar-refractivity contribution in [3.8, 4) is 0 Å². The molecule has 0 bridgehead atoms. The van der Waals surface area contributed by atoms with Gasteiger partial charge in [-0.25, -0.2) is 0 Å². The molecular weight excluding hydrogens is 401 g/mol. The summed E-state index contributed by atoms with van der Waals surface area (Å²) in [5, 5.41) is 4.36. The second-order valence-electron chi connectivity index (χ2n) is 4.83. The summed E-state index contributed by atoms with van der Waals surface area (Å²) in [7, 11) is 0. The van der Waals surface area contributed by atoms with Gasteiger partial charge in [0.15, 0.2) is 0 Å². The van der Waals surface area contributed by atoms with E-state index in [9.17, 15) is 0 Å². The highest BCUT2D eigenvalue weighted by molar-refractivity contribution is 9.10. The molecule has 0 aromatic heterocycles. The lowest BCUT2D eigenvalue weighted by atomic mass is 10.0. The minimum Gasteiger partial charge on any atom is -0.304 e. The van der Waals surface area contributed by atoms with E-state index in [-0.39, 0.29) is 12.1 Å². The van der Waals surface area contributed by atoms with Crippen LogP contribution in [0.25, 0.3) is 0 Å². The summed E-state index contributed by atoms with van der Waals surface area (Å²) in [4.78, 5) is 0. The van der Waals surface area contributed by atoms with E-state index in [1.54, 1.807) is 0 Å². The molecule has 0 amide bonds. The van der Waals surface area contributed by atoms with Crippen molar-refractivity contribution in [2.45, 2.75) is 25.9 Å². The summed E-state index contributed by atoms with van der Waals surface area (Å²) < 4.78 is 2.09. The molecule has 106 valence electrons. The van der Waals surface area contributed by atoms with Gasteiger partial charge in [-0.1, -0.05) is 61.7 Å². The van der Waals surface area contributed by atoms with Gasteiger partial charge in [-0.2, -0.15) is 0 Å². The van der Waals surface area contributed by atoms with E-state index in [1.807, 2.05) is 12.1 Å².